The van der Waals surface area contributed by atoms with E-state index in [0.29, 0.717) is 13.2 Å². The molecule has 1 aliphatic rings. The standard InChI is InChI=1S/C30H39NO/c1-21(2)31-28-24(17-22-9-13-26(14-10-22)29(3,4)5)19-32-20-25(28)18-23-11-15-27(16-12-23)30(6,7)8/h9-18,21H,19-20H2,1-8H3/b24-17-,25-18+,31-28?. The number of rotatable bonds is 3. The molecule has 170 valence electrons. The van der Waals surface area contributed by atoms with Crippen LogP contribution in [0, 0.1) is 0 Å². The monoisotopic (exact) mass is 429 g/mol. The number of ether oxygens (including phenoxy) is 1. The Bertz CT molecular complexity index is 927. The molecule has 0 aliphatic carbocycles. The Morgan fingerprint density at radius 2 is 1.06 bits per heavy atom. The molecule has 2 aromatic rings. The second-order valence-corrected chi connectivity index (χ2v) is 11.1. The highest BCUT2D eigenvalue weighted by atomic mass is 16.5. The van der Waals surface area contributed by atoms with Crippen LogP contribution in [0.15, 0.2) is 64.7 Å². The van der Waals surface area contributed by atoms with Crippen molar-refractivity contribution in [2.24, 2.45) is 4.99 Å². The molecule has 0 spiro atoms. The van der Waals surface area contributed by atoms with Crippen molar-refractivity contribution in [2.75, 3.05) is 13.2 Å². The number of benzene rings is 2. The molecule has 0 unspecified atom stereocenters. The van der Waals surface area contributed by atoms with Crippen molar-refractivity contribution in [3.63, 3.8) is 0 Å². The number of aliphatic imine (C=N–C) groups is 1. The third kappa shape index (κ3) is 6.29. The first-order valence-electron chi connectivity index (χ1n) is 11.7. The minimum atomic E-state index is 0.155. The molecule has 0 radical (unpaired) electrons. The lowest BCUT2D eigenvalue weighted by Gasteiger charge is -2.23. The summed E-state index contributed by atoms with van der Waals surface area (Å²) < 4.78 is 5.99. The van der Waals surface area contributed by atoms with Crippen molar-refractivity contribution >= 4 is 17.9 Å². The van der Waals surface area contributed by atoms with Crippen LogP contribution in [-0.2, 0) is 15.6 Å². The minimum Gasteiger partial charge on any atom is -0.372 e. The van der Waals surface area contributed by atoms with Crippen molar-refractivity contribution in [3.8, 4) is 0 Å². The summed E-state index contributed by atoms with van der Waals surface area (Å²) in [6.45, 7) is 18.9. The molecule has 1 heterocycles. The Morgan fingerprint density at radius 1 is 0.688 bits per heavy atom. The zero-order valence-corrected chi connectivity index (χ0v) is 21.1. The van der Waals surface area contributed by atoms with Gasteiger partial charge in [0.25, 0.3) is 0 Å². The van der Waals surface area contributed by atoms with Crippen molar-refractivity contribution in [1.82, 2.24) is 0 Å². The molecule has 1 aliphatic heterocycles. The van der Waals surface area contributed by atoms with Gasteiger partial charge in [0, 0.05) is 17.2 Å². The lowest BCUT2D eigenvalue weighted by molar-refractivity contribution is 0.181. The quantitative estimate of drug-likeness (QED) is 0.491. The molecule has 1 fully saturated rings. The second kappa shape index (κ2) is 9.58. The van der Waals surface area contributed by atoms with Gasteiger partial charge >= 0.3 is 0 Å². The van der Waals surface area contributed by atoms with Gasteiger partial charge in [0.2, 0.25) is 0 Å². The average molecular weight is 430 g/mol. The fourth-order valence-corrected chi connectivity index (χ4v) is 3.82. The number of nitrogens with zero attached hydrogens (tertiary/aromatic N) is 1. The van der Waals surface area contributed by atoms with Gasteiger partial charge in [0.05, 0.1) is 18.9 Å². The van der Waals surface area contributed by atoms with Gasteiger partial charge in [-0.25, -0.2) is 0 Å². The molecule has 2 heteroatoms. The topological polar surface area (TPSA) is 21.6 Å². The summed E-state index contributed by atoms with van der Waals surface area (Å²) in [6.07, 6.45) is 4.45. The lowest BCUT2D eigenvalue weighted by atomic mass is 9.86. The summed E-state index contributed by atoms with van der Waals surface area (Å²) in [4.78, 5) is 5.01. The maximum absolute atomic E-state index is 5.99. The normalized spacial score (nSPS) is 19.3. The molecule has 3 rings (SSSR count). The van der Waals surface area contributed by atoms with Crippen LogP contribution in [0.3, 0.4) is 0 Å². The summed E-state index contributed by atoms with van der Waals surface area (Å²) in [5, 5.41) is 0. The van der Waals surface area contributed by atoms with Gasteiger partial charge < -0.3 is 4.74 Å². The van der Waals surface area contributed by atoms with E-state index in [1.807, 2.05) is 0 Å². The van der Waals surface area contributed by atoms with E-state index in [0.717, 1.165) is 16.9 Å². The van der Waals surface area contributed by atoms with Gasteiger partial charge in [-0.2, -0.15) is 0 Å². The highest BCUT2D eigenvalue weighted by Gasteiger charge is 2.20. The molecule has 0 aromatic heterocycles. The summed E-state index contributed by atoms with van der Waals surface area (Å²) in [6, 6.07) is 17.9. The highest BCUT2D eigenvalue weighted by Crippen LogP contribution is 2.26. The van der Waals surface area contributed by atoms with E-state index in [-0.39, 0.29) is 16.9 Å². The van der Waals surface area contributed by atoms with Gasteiger partial charge in [-0.15, -0.1) is 0 Å². The fraction of sp³-hybridized carbons (Fsp3) is 0.433. The van der Waals surface area contributed by atoms with Crippen molar-refractivity contribution < 1.29 is 4.74 Å². The fourth-order valence-electron chi connectivity index (χ4n) is 3.82. The van der Waals surface area contributed by atoms with Crippen molar-refractivity contribution in [1.29, 1.82) is 0 Å². The van der Waals surface area contributed by atoms with Crippen LogP contribution >= 0.6 is 0 Å². The molecule has 32 heavy (non-hydrogen) atoms. The Labute approximate surface area is 195 Å². The van der Waals surface area contributed by atoms with Crippen LogP contribution < -0.4 is 0 Å². The first-order chi connectivity index (χ1) is 14.9. The van der Waals surface area contributed by atoms with E-state index >= 15 is 0 Å². The average Bonchev–Trinajstić information content (AvgIpc) is 2.69. The number of hydrogen-bond acceptors (Lipinski definition) is 2. The van der Waals surface area contributed by atoms with Gasteiger partial charge in [-0.05, 0) is 59.1 Å². The van der Waals surface area contributed by atoms with Crippen LogP contribution in [0.2, 0.25) is 0 Å². The third-order valence-corrected chi connectivity index (χ3v) is 5.75. The van der Waals surface area contributed by atoms with E-state index in [1.54, 1.807) is 0 Å². The zero-order valence-electron chi connectivity index (χ0n) is 21.1. The van der Waals surface area contributed by atoms with Gasteiger partial charge in [0.15, 0.2) is 0 Å². The van der Waals surface area contributed by atoms with Crippen LogP contribution in [0.1, 0.15) is 77.6 Å². The Morgan fingerprint density at radius 3 is 1.38 bits per heavy atom. The molecule has 0 saturated carbocycles. The smallest absolute Gasteiger partial charge is 0.0742 e. The molecule has 1 saturated heterocycles. The molecule has 2 nitrogen and oxygen atoms in total. The predicted molar refractivity (Wildman–Crippen MR) is 140 cm³/mol. The van der Waals surface area contributed by atoms with E-state index in [2.05, 4.69) is 116 Å². The van der Waals surface area contributed by atoms with E-state index in [1.165, 1.54) is 22.3 Å². The summed E-state index contributed by atoms with van der Waals surface area (Å²) in [5.74, 6) is 0. The molecule has 0 N–H and O–H groups in total. The van der Waals surface area contributed by atoms with Crippen LogP contribution in [0.5, 0.6) is 0 Å². The molecule has 2 aromatic carbocycles. The van der Waals surface area contributed by atoms with Gasteiger partial charge in [-0.1, -0.05) is 90.1 Å². The Balaban J connectivity index is 1.95. The molecule has 0 amide bonds. The summed E-state index contributed by atoms with van der Waals surface area (Å²) in [5.41, 5.74) is 8.73. The SMILES string of the molecule is CC(C)N=C1/C(=C/c2ccc(C(C)(C)C)cc2)COC/C1=C/c1ccc(C(C)(C)C)cc1. The minimum absolute atomic E-state index is 0.155. The molecule has 0 bridgehead atoms. The zero-order chi connectivity index (χ0) is 23.5. The lowest BCUT2D eigenvalue weighted by Crippen LogP contribution is -2.23. The van der Waals surface area contributed by atoms with Crippen molar-refractivity contribution in [3.05, 3.63) is 81.9 Å². The largest absolute Gasteiger partial charge is 0.372 e. The van der Waals surface area contributed by atoms with Crippen LogP contribution in [0.4, 0.5) is 0 Å². The maximum atomic E-state index is 5.99. The molecule has 0 atom stereocenters. The first-order valence-corrected chi connectivity index (χ1v) is 11.7. The van der Waals surface area contributed by atoms with E-state index < -0.39 is 0 Å². The molecular formula is C30H39NO. The van der Waals surface area contributed by atoms with E-state index in [9.17, 15) is 0 Å². The van der Waals surface area contributed by atoms with Gasteiger partial charge in [0.1, 0.15) is 0 Å². The maximum Gasteiger partial charge on any atom is 0.0742 e. The summed E-state index contributed by atoms with van der Waals surface area (Å²) in [7, 11) is 0. The predicted octanol–water partition coefficient (Wildman–Crippen LogP) is 7.63. The highest BCUT2D eigenvalue weighted by molar-refractivity contribution is 6.18. The van der Waals surface area contributed by atoms with Gasteiger partial charge in [-0.3, -0.25) is 4.99 Å². The third-order valence-electron chi connectivity index (χ3n) is 5.75. The first kappa shape index (κ1) is 24.2. The Kier molecular flexibility index (Phi) is 7.25. The summed E-state index contributed by atoms with van der Waals surface area (Å²) >= 11 is 0. The second-order valence-electron chi connectivity index (χ2n) is 11.1. The van der Waals surface area contributed by atoms with Crippen molar-refractivity contribution in [2.45, 2.75) is 72.3 Å². The number of hydrogen-bond donors (Lipinski definition) is 0. The Hall–Kier alpha value is -2.45. The van der Waals surface area contributed by atoms with Crippen LogP contribution in [0.25, 0.3) is 12.2 Å². The van der Waals surface area contributed by atoms with Crippen LogP contribution in [-0.4, -0.2) is 25.0 Å². The van der Waals surface area contributed by atoms with E-state index in [4.69, 9.17) is 9.73 Å². The molecular weight excluding hydrogens is 390 g/mol.